The summed E-state index contributed by atoms with van der Waals surface area (Å²) >= 11 is 5.96. The standard InChI is InChI=1S/C21H25ClN8O.HI/c1-3-23-21(28-8-9-29(20(31)15-28)19-12-25-27(2)14-19)24-10-16-11-26-30(13-16)18-6-4-17(22)5-7-18;/h4-7,11-14H,3,8-10,15H2,1-2H3,(H,23,24);1H. The number of aliphatic imine (C=N–C) groups is 1. The molecule has 0 aliphatic carbocycles. The number of aromatic nitrogens is 4. The van der Waals surface area contributed by atoms with E-state index in [2.05, 4.69) is 15.5 Å². The lowest BCUT2D eigenvalue weighted by atomic mass is 10.3. The Morgan fingerprint density at radius 3 is 2.56 bits per heavy atom. The van der Waals surface area contributed by atoms with Crippen LogP contribution in [0.5, 0.6) is 0 Å². The monoisotopic (exact) mass is 568 g/mol. The van der Waals surface area contributed by atoms with Gasteiger partial charge in [-0.05, 0) is 31.2 Å². The molecule has 2 aromatic heterocycles. The fourth-order valence-corrected chi connectivity index (χ4v) is 3.57. The van der Waals surface area contributed by atoms with Crippen LogP contribution in [0.3, 0.4) is 0 Å². The van der Waals surface area contributed by atoms with Crippen molar-refractivity contribution in [2.45, 2.75) is 13.5 Å². The van der Waals surface area contributed by atoms with E-state index in [1.165, 1.54) is 0 Å². The average Bonchev–Trinajstić information content (AvgIpc) is 3.41. The molecule has 11 heteroatoms. The van der Waals surface area contributed by atoms with E-state index >= 15 is 0 Å². The maximum Gasteiger partial charge on any atom is 0.246 e. The Hall–Kier alpha value is -2.60. The first kappa shape index (κ1) is 24.1. The van der Waals surface area contributed by atoms with Gasteiger partial charge in [0.25, 0.3) is 0 Å². The summed E-state index contributed by atoms with van der Waals surface area (Å²) in [6.07, 6.45) is 7.31. The average molecular weight is 569 g/mol. The SMILES string of the molecule is CCNC(=NCc1cnn(-c2ccc(Cl)cc2)c1)N1CCN(c2cnn(C)c2)C(=O)C1.I. The van der Waals surface area contributed by atoms with Crippen LogP contribution in [0.4, 0.5) is 5.69 Å². The predicted octanol–water partition coefficient (Wildman–Crippen LogP) is 2.69. The number of guanidine groups is 1. The van der Waals surface area contributed by atoms with Gasteiger partial charge in [0.1, 0.15) is 6.54 Å². The van der Waals surface area contributed by atoms with E-state index in [-0.39, 0.29) is 36.4 Å². The number of hydrogen-bond donors (Lipinski definition) is 1. The van der Waals surface area contributed by atoms with Crippen LogP contribution in [0.1, 0.15) is 12.5 Å². The third-order valence-corrected chi connectivity index (χ3v) is 5.25. The minimum absolute atomic E-state index is 0. The molecule has 0 atom stereocenters. The number of carbonyl (C=O) groups excluding carboxylic acids is 1. The number of rotatable bonds is 5. The van der Waals surface area contributed by atoms with E-state index in [0.29, 0.717) is 24.7 Å². The van der Waals surface area contributed by atoms with Gasteiger partial charge in [-0.3, -0.25) is 9.48 Å². The maximum atomic E-state index is 12.7. The molecule has 1 aliphatic heterocycles. The van der Waals surface area contributed by atoms with E-state index in [0.717, 1.165) is 29.4 Å². The highest BCUT2D eigenvalue weighted by Gasteiger charge is 2.27. The number of aryl methyl sites for hydroxylation is 1. The van der Waals surface area contributed by atoms with Gasteiger partial charge >= 0.3 is 0 Å². The van der Waals surface area contributed by atoms with Crippen molar-refractivity contribution in [3.05, 3.63) is 59.6 Å². The first-order valence-electron chi connectivity index (χ1n) is 10.1. The van der Waals surface area contributed by atoms with Crippen molar-refractivity contribution >= 4 is 53.1 Å². The number of carbonyl (C=O) groups is 1. The van der Waals surface area contributed by atoms with Gasteiger partial charge in [0, 0.05) is 49.7 Å². The molecule has 0 unspecified atom stereocenters. The molecule has 1 saturated heterocycles. The van der Waals surface area contributed by atoms with Crippen LogP contribution in [-0.2, 0) is 18.4 Å². The first-order valence-corrected chi connectivity index (χ1v) is 10.5. The number of halogens is 2. The smallest absolute Gasteiger partial charge is 0.246 e. The summed E-state index contributed by atoms with van der Waals surface area (Å²) in [6, 6.07) is 7.50. The minimum atomic E-state index is 0. The zero-order chi connectivity index (χ0) is 21.8. The van der Waals surface area contributed by atoms with Crippen molar-refractivity contribution in [1.29, 1.82) is 0 Å². The molecule has 0 bridgehead atoms. The van der Waals surface area contributed by atoms with Crippen molar-refractivity contribution < 1.29 is 4.79 Å². The first-order chi connectivity index (χ1) is 15.0. The lowest BCUT2D eigenvalue weighted by molar-refractivity contribution is -0.120. The molecule has 4 rings (SSSR count). The Bertz CT molecular complexity index is 1080. The Morgan fingerprint density at radius 2 is 1.91 bits per heavy atom. The third kappa shape index (κ3) is 5.60. The fourth-order valence-electron chi connectivity index (χ4n) is 3.44. The van der Waals surface area contributed by atoms with Crippen LogP contribution in [0, 0.1) is 0 Å². The zero-order valence-electron chi connectivity index (χ0n) is 18.0. The number of nitrogens with zero attached hydrogens (tertiary/aromatic N) is 7. The van der Waals surface area contributed by atoms with Crippen molar-refractivity contribution in [3.8, 4) is 5.69 Å². The van der Waals surface area contributed by atoms with E-state index < -0.39 is 0 Å². The van der Waals surface area contributed by atoms with Crippen LogP contribution >= 0.6 is 35.6 Å². The zero-order valence-corrected chi connectivity index (χ0v) is 21.1. The summed E-state index contributed by atoms with van der Waals surface area (Å²) in [5.41, 5.74) is 2.73. The summed E-state index contributed by atoms with van der Waals surface area (Å²) in [5, 5.41) is 12.6. The molecule has 1 amide bonds. The van der Waals surface area contributed by atoms with E-state index in [1.54, 1.807) is 26.7 Å². The second kappa shape index (κ2) is 10.8. The van der Waals surface area contributed by atoms with Crippen LogP contribution in [0.15, 0.2) is 54.0 Å². The summed E-state index contributed by atoms with van der Waals surface area (Å²) in [5.74, 6) is 0.751. The highest BCUT2D eigenvalue weighted by atomic mass is 127. The Balaban J connectivity index is 0.00000289. The largest absolute Gasteiger partial charge is 0.356 e. The van der Waals surface area contributed by atoms with Gasteiger partial charge in [-0.25, -0.2) is 9.67 Å². The Morgan fingerprint density at radius 1 is 1.12 bits per heavy atom. The molecule has 0 saturated carbocycles. The maximum absolute atomic E-state index is 12.7. The summed E-state index contributed by atoms with van der Waals surface area (Å²) in [7, 11) is 1.84. The molecule has 1 fully saturated rings. The molecule has 1 aromatic carbocycles. The van der Waals surface area contributed by atoms with Gasteiger partial charge in [-0.2, -0.15) is 10.2 Å². The lowest BCUT2D eigenvalue weighted by Gasteiger charge is -2.35. The number of nitrogens with one attached hydrogen (secondary N) is 1. The lowest BCUT2D eigenvalue weighted by Crippen LogP contribution is -2.55. The number of piperazine rings is 1. The number of amides is 1. The molecule has 3 aromatic rings. The van der Waals surface area contributed by atoms with Gasteiger partial charge in [0.15, 0.2) is 5.96 Å². The number of benzene rings is 1. The highest BCUT2D eigenvalue weighted by molar-refractivity contribution is 14.0. The van der Waals surface area contributed by atoms with Crippen molar-refractivity contribution in [2.24, 2.45) is 12.0 Å². The van der Waals surface area contributed by atoms with Crippen molar-refractivity contribution in [1.82, 2.24) is 29.8 Å². The summed E-state index contributed by atoms with van der Waals surface area (Å²) in [4.78, 5) is 21.2. The number of anilines is 1. The molecule has 0 radical (unpaired) electrons. The normalized spacial score (nSPS) is 14.5. The molecule has 1 N–H and O–H groups in total. The fraction of sp³-hybridized carbons (Fsp3) is 0.333. The van der Waals surface area contributed by atoms with Gasteiger partial charge in [0.05, 0.1) is 30.3 Å². The molecule has 170 valence electrons. The van der Waals surface area contributed by atoms with Gasteiger partial charge in [0.2, 0.25) is 5.91 Å². The second-order valence-electron chi connectivity index (χ2n) is 7.28. The molecule has 0 spiro atoms. The molecule has 1 aliphatic rings. The van der Waals surface area contributed by atoms with Gasteiger partial charge in [-0.15, -0.1) is 24.0 Å². The van der Waals surface area contributed by atoms with Crippen molar-refractivity contribution in [2.75, 3.05) is 31.1 Å². The Labute approximate surface area is 209 Å². The molecular weight excluding hydrogens is 543 g/mol. The summed E-state index contributed by atoms with van der Waals surface area (Å²) in [6.45, 7) is 4.75. The molecular formula is C21H26ClIN8O. The molecule has 9 nitrogen and oxygen atoms in total. The molecule has 32 heavy (non-hydrogen) atoms. The van der Waals surface area contributed by atoms with Crippen LogP contribution in [0.25, 0.3) is 5.69 Å². The number of hydrogen-bond acceptors (Lipinski definition) is 4. The predicted molar refractivity (Wildman–Crippen MR) is 136 cm³/mol. The summed E-state index contributed by atoms with van der Waals surface area (Å²) < 4.78 is 3.50. The quantitative estimate of drug-likeness (QED) is 0.291. The molecule has 3 heterocycles. The van der Waals surface area contributed by atoms with Gasteiger partial charge < -0.3 is 15.1 Å². The van der Waals surface area contributed by atoms with Crippen LogP contribution in [0.2, 0.25) is 5.02 Å². The van der Waals surface area contributed by atoms with E-state index in [4.69, 9.17) is 16.6 Å². The van der Waals surface area contributed by atoms with Crippen molar-refractivity contribution in [3.63, 3.8) is 0 Å². The van der Waals surface area contributed by atoms with Crippen LogP contribution in [-0.4, -0.2) is 62.5 Å². The second-order valence-corrected chi connectivity index (χ2v) is 7.72. The van der Waals surface area contributed by atoms with E-state index in [9.17, 15) is 4.79 Å². The van der Waals surface area contributed by atoms with Crippen LogP contribution < -0.4 is 10.2 Å². The topological polar surface area (TPSA) is 83.6 Å². The highest BCUT2D eigenvalue weighted by Crippen LogP contribution is 2.17. The minimum Gasteiger partial charge on any atom is -0.356 e. The Kier molecular flexibility index (Phi) is 8.13. The van der Waals surface area contributed by atoms with Gasteiger partial charge in [-0.1, -0.05) is 11.6 Å². The third-order valence-electron chi connectivity index (χ3n) is 5.00. The van der Waals surface area contributed by atoms with E-state index in [1.807, 2.05) is 55.5 Å².